The Hall–Kier alpha value is -1.35. The van der Waals surface area contributed by atoms with Gasteiger partial charge >= 0.3 is 5.97 Å². The van der Waals surface area contributed by atoms with Gasteiger partial charge in [-0.2, -0.15) is 0 Å². The van der Waals surface area contributed by atoms with E-state index in [0.717, 1.165) is 5.92 Å². The first-order valence-electron chi connectivity index (χ1n) is 7.11. The van der Waals surface area contributed by atoms with Crippen molar-refractivity contribution in [2.75, 3.05) is 0 Å². The number of carboxylic acid groups (broad SMARTS) is 1. The molecule has 2 rings (SSSR count). The first-order chi connectivity index (χ1) is 9.06. The summed E-state index contributed by atoms with van der Waals surface area (Å²) in [6.07, 6.45) is 3.25. The lowest BCUT2D eigenvalue weighted by Crippen LogP contribution is -2.37. The van der Waals surface area contributed by atoms with Crippen LogP contribution >= 0.6 is 0 Å². The Morgan fingerprint density at radius 2 is 2.16 bits per heavy atom. The van der Waals surface area contributed by atoms with Crippen LogP contribution in [0, 0.1) is 5.92 Å². The fourth-order valence-electron chi connectivity index (χ4n) is 2.36. The second-order valence-electron chi connectivity index (χ2n) is 5.92. The predicted octanol–water partition coefficient (Wildman–Crippen LogP) is 3.15. The molecule has 1 aliphatic carbocycles. The molecule has 0 unspecified atom stereocenters. The van der Waals surface area contributed by atoms with Crippen LogP contribution in [-0.4, -0.2) is 17.1 Å². The normalized spacial score (nSPS) is 16.6. The van der Waals surface area contributed by atoms with Gasteiger partial charge in [0.15, 0.2) is 0 Å². The van der Waals surface area contributed by atoms with Crippen LogP contribution in [0.4, 0.5) is 0 Å². The number of nitrogens with one attached hydrogen (secondary N) is 1. The maximum absolute atomic E-state index is 11.2. The number of rotatable bonds is 7. The Kier molecular flexibility index (Phi) is 4.59. The first-order valence-corrected chi connectivity index (χ1v) is 7.11. The van der Waals surface area contributed by atoms with Gasteiger partial charge in [-0.15, -0.1) is 0 Å². The Labute approximate surface area is 115 Å². The molecular weight excluding hydrogens is 238 g/mol. The van der Waals surface area contributed by atoms with Crippen LogP contribution in [0.2, 0.25) is 0 Å². The molecule has 1 aromatic carbocycles. The van der Waals surface area contributed by atoms with Crippen molar-refractivity contribution in [3.8, 4) is 0 Å². The zero-order chi connectivity index (χ0) is 13.8. The summed E-state index contributed by atoms with van der Waals surface area (Å²) < 4.78 is 0. The van der Waals surface area contributed by atoms with Gasteiger partial charge in [0.25, 0.3) is 0 Å². The molecular formula is C16H23NO2. The van der Waals surface area contributed by atoms with Gasteiger partial charge in [-0.1, -0.05) is 38.1 Å². The average molecular weight is 261 g/mol. The van der Waals surface area contributed by atoms with Gasteiger partial charge in [0, 0.05) is 6.54 Å². The van der Waals surface area contributed by atoms with E-state index < -0.39 is 12.0 Å². The lowest BCUT2D eigenvalue weighted by Gasteiger charge is -2.16. The van der Waals surface area contributed by atoms with Gasteiger partial charge in [0.2, 0.25) is 0 Å². The molecule has 1 aromatic rings. The van der Waals surface area contributed by atoms with Crippen molar-refractivity contribution >= 4 is 5.97 Å². The molecule has 0 aromatic heterocycles. The smallest absolute Gasteiger partial charge is 0.320 e. The molecule has 0 aliphatic heterocycles. The molecule has 0 saturated heterocycles. The van der Waals surface area contributed by atoms with E-state index >= 15 is 0 Å². The standard InChI is InChI=1S/C16H23NO2/c1-11(2)8-15(16(18)19)17-10-12-4-3-5-14(9-12)13-6-7-13/h3-5,9,11,13,15,17H,6-8,10H2,1-2H3,(H,18,19)/t15-/m1/s1. The number of hydrogen-bond donors (Lipinski definition) is 2. The predicted molar refractivity (Wildman–Crippen MR) is 76.1 cm³/mol. The summed E-state index contributed by atoms with van der Waals surface area (Å²) in [5, 5.41) is 12.3. The molecule has 1 aliphatic rings. The monoisotopic (exact) mass is 261 g/mol. The molecule has 1 fully saturated rings. The Balaban J connectivity index is 1.92. The highest BCUT2D eigenvalue weighted by Gasteiger charge is 2.23. The third kappa shape index (κ3) is 4.35. The summed E-state index contributed by atoms with van der Waals surface area (Å²) >= 11 is 0. The summed E-state index contributed by atoms with van der Waals surface area (Å²) in [7, 11) is 0. The van der Waals surface area contributed by atoms with E-state index in [9.17, 15) is 9.90 Å². The van der Waals surface area contributed by atoms with Crippen molar-refractivity contribution in [3.05, 3.63) is 35.4 Å². The minimum atomic E-state index is -0.757. The molecule has 104 valence electrons. The zero-order valence-electron chi connectivity index (χ0n) is 11.7. The van der Waals surface area contributed by atoms with Gasteiger partial charge in [0.05, 0.1) is 0 Å². The molecule has 0 heterocycles. The van der Waals surface area contributed by atoms with Crippen LogP contribution in [0.15, 0.2) is 24.3 Å². The van der Waals surface area contributed by atoms with Crippen LogP contribution in [-0.2, 0) is 11.3 Å². The Morgan fingerprint density at radius 1 is 1.42 bits per heavy atom. The summed E-state index contributed by atoms with van der Waals surface area (Å²) in [4.78, 5) is 11.2. The molecule has 0 spiro atoms. The molecule has 3 heteroatoms. The maximum atomic E-state index is 11.2. The quantitative estimate of drug-likeness (QED) is 0.792. The Bertz CT molecular complexity index is 438. The highest BCUT2D eigenvalue weighted by molar-refractivity contribution is 5.73. The van der Waals surface area contributed by atoms with Crippen molar-refractivity contribution in [2.45, 2.75) is 51.6 Å². The minimum Gasteiger partial charge on any atom is -0.480 e. The largest absolute Gasteiger partial charge is 0.480 e. The zero-order valence-corrected chi connectivity index (χ0v) is 11.7. The fraction of sp³-hybridized carbons (Fsp3) is 0.562. The number of carboxylic acids is 1. The van der Waals surface area contributed by atoms with E-state index in [2.05, 4.69) is 29.6 Å². The molecule has 3 nitrogen and oxygen atoms in total. The number of aliphatic carboxylic acids is 1. The summed E-state index contributed by atoms with van der Waals surface area (Å²) in [5.41, 5.74) is 2.58. The van der Waals surface area contributed by atoms with Gasteiger partial charge in [0.1, 0.15) is 6.04 Å². The third-order valence-corrected chi connectivity index (χ3v) is 3.56. The molecule has 0 bridgehead atoms. The lowest BCUT2D eigenvalue weighted by atomic mass is 10.0. The number of benzene rings is 1. The molecule has 1 atom stereocenters. The summed E-state index contributed by atoms with van der Waals surface area (Å²) in [6.45, 7) is 4.72. The average Bonchev–Trinajstić information content (AvgIpc) is 3.18. The summed E-state index contributed by atoms with van der Waals surface area (Å²) in [5.74, 6) is 0.365. The lowest BCUT2D eigenvalue weighted by molar-refractivity contribution is -0.140. The van der Waals surface area contributed by atoms with E-state index in [1.165, 1.54) is 24.0 Å². The molecule has 0 radical (unpaired) electrons. The van der Waals surface area contributed by atoms with Crippen LogP contribution in [0.3, 0.4) is 0 Å². The van der Waals surface area contributed by atoms with E-state index in [0.29, 0.717) is 18.9 Å². The van der Waals surface area contributed by atoms with E-state index in [1.54, 1.807) is 0 Å². The van der Waals surface area contributed by atoms with Crippen molar-refractivity contribution in [3.63, 3.8) is 0 Å². The fourth-order valence-corrected chi connectivity index (χ4v) is 2.36. The third-order valence-electron chi connectivity index (χ3n) is 3.56. The van der Waals surface area contributed by atoms with E-state index in [1.807, 2.05) is 13.8 Å². The minimum absolute atomic E-state index is 0.381. The SMILES string of the molecule is CC(C)C[C@@H](NCc1cccc(C2CC2)c1)C(=O)O. The van der Waals surface area contributed by atoms with Crippen LogP contribution in [0.1, 0.15) is 50.2 Å². The topological polar surface area (TPSA) is 49.3 Å². The van der Waals surface area contributed by atoms with Crippen molar-refractivity contribution in [1.82, 2.24) is 5.32 Å². The van der Waals surface area contributed by atoms with Gasteiger partial charge in [-0.25, -0.2) is 0 Å². The van der Waals surface area contributed by atoms with Gasteiger partial charge < -0.3 is 10.4 Å². The maximum Gasteiger partial charge on any atom is 0.320 e. The van der Waals surface area contributed by atoms with Crippen LogP contribution in [0.25, 0.3) is 0 Å². The molecule has 2 N–H and O–H groups in total. The van der Waals surface area contributed by atoms with E-state index in [4.69, 9.17) is 0 Å². The molecule has 19 heavy (non-hydrogen) atoms. The van der Waals surface area contributed by atoms with Crippen LogP contribution < -0.4 is 5.32 Å². The van der Waals surface area contributed by atoms with E-state index in [-0.39, 0.29) is 0 Å². The number of carbonyl (C=O) groups is 1. The molecule has 1 saturated carbocycles. The Morgan fingerprint density at radius 3 is 2.74 bits per heavy atom. The molecule has 0 amide bonds. The van der Waals surface area contributed by atoms with Crippen molar-refractivity contribution in [1.29, 1.82) is 0 Å². The van der Waals surface area contributed by atoms with Gasteiger partial charge in [-0.3, -0.25) is 4.79 Å². The summed E-state index contributed by atoms with van der Waals surface area (Å²) in [6, 6.07) is 8.06. The van der Waals surface area contributed by atoms with Crippen molar-refractivity contribution in [2.24, 2.45) is 5.92 Å². The van der Waals surface area contributed by atoms with Crippen LogP contribution in [0.5, 0.6) is 0 Å². The highest BCUT2D eigenvalue weighted by atomic mass is 16.4. The highest BCUT2D eigenvalue weighted by Crippen LogP contribution is 2.40. The second-order valence-corrected chi connectivity index (χ2v) is 5.92. The van der Waals surface area contributed by atoms with Crippen molar-refractivity contribution < 1.29 is 9.90 Å². The number of hydrogen-bond acceptors (Lipinski definition) is 2. The first kappa shape index (κ1) is 14.1. The van der Waals surface area contributed by atoms with Gasteiger partial charge in [-0.05, 0) is 42.2 Å². The second kappa shape index (κ2) is 6.20.